The first-order chi connectivity index (χ1) is 18.2. The van der Waals surface area contributed by atoms with Gasteiger partial charge in [-0.25, -0.2) is 13.5 Å². The Morgan fingerprint density at radius 2 is 1.95 bits per heavy atom. The topological polar surface area (TPSA) is 112 Å². The maximum absolute atomic E-state index is 12.8. The lowest BCUT2D eigenvalue weighted by molar-refractivity contribution is 0.0916. The third kappa shape index (κ3) is 7.13. The fourth-order valence-electron chi connectivity index (χ4n) is 5.09. The van der Waals surface area contributed by atoms with Gasteiger partial charge >= 0.3 is 0 Å². The first-order valence-electron chi connectivity index (χ1n) is 13.0. The number of amides is 1. The van der Waals surface area contributed by atoms with E-state index in [-0.39, 0.29) is 24.0 Å². The summed E-state index contributed by atoms with van der Waals surface area (Å²) in [4.78, 5) is 24.1. The van der Waals surface area contributed by atoms with E-state index in [4.69, 9.17) is 16.3 Å². The van der Waals surface area contributed by atoms with Crippen molar-refractivity contribution in [3.8, 4) is 5.75 Å². The molecule has 12 heteroatoms. The molecular formula is C26H38ClN7O3S. The van der Waals surface area contributed by atoms with Crippen LogP contribution in [0.5, 0.6) is 5.75 Å². The summed E-state index contributed by atoms with van der Waals surface area (Å²) in [5, 5.41) is 10.2. The Morgan fingerprint density at radius 1 is 1.21 bits per heavy atom. The van der Waals surface area contributed by atoms with Crippen molar-refractivity contribution < 1.29 is 13.7 Å². The Balaban J connectivity index is 1.46. The van der Waals surface area contributed by atoms with Crippen molar-refractivity contribution in [2.45, 2.75) is 56.7 Å². The summed E-state index contributed by atoms with van der Waals surface area (Å²) >= 11 is 6.45. The van der Waals surface area contributed by atoms with Crippen LogP contribution in [-0.4, -0.2) is 88.0 Å². The molecule has 1 aromatic heterocycles. The van der Waals surface area contributed by atoms with Crippen molar-refractivity contribution in [1.29, 1.82) is 0 Å². The fraction of sp³-hybridized carbons (Fsp3) is 0.577. The number of carbonyl (C=O) groups excluding carboxylic acids is 1. The Hall–Kier alpha value is -2.47. The normalized spacial score (nSPS) is 21.6. The molecule has 1 saturated heterocycles. The van der Waals surface area contributed by atoms with Crippen LogP contribution in [-0.2, 0) is 11.0 Å². The molecule has 0 radical (unpaired) electrons. The highest BCUT2D eigenvalue weighted by Crippen LogP contribution is 2.31. The van der Waals surface area contributed by atoms with Gasteiger partial charge in [-0.2, -0.15) is 4.98 Å². The van der Waals surface area contributed by atoms with Crippen LogP contribution in [0.25, 0.3) is 0 Å². The molecule has 1 unspecified atom stereocenters. The molecule has 10 nitrogen and oxygen atoms in total. The maximum atomic E-state index is 12.8. The van der Waals surface area contributed by atoms with Crippen molar-refractivity contribution in [1.82, 2.24) is 24.5 Å². The maximum Gasteiger partial charge on any atom is 0.251 e. The molecule has 4 rings (SSSR count). The van der Waals surface area contributed by atoms with Crippen LogP contribution in [0.3, 0.4) is 0 Å². The average Bonchev–Trinajstić information content (AvgIpc) is 2.91. The number of anilines is 3. The van der Waals surface area contributed by atoms with Crippen molar-refractivity contribution in [3.63, 3.8) is 0 Å². The number of likely N-dealkylation sites (N-methyl/N-ethyl adjacent to an activating group) is 1. The van der Waals surface area contributed by atoms with E-state index in [1.807, 2.05) is 11.4 Å². The number of likely N-dealkylation sites (tertiary alicyclic amines) is 1. The molecule has 1 amide bonds. The van der Waals surface area contributed by atoms with Gasteiger partial charge in [0.2, 0.25) is 5.95 Å². The molecule has 1 aliphatic heterocycles. The van der Waals surface area contributed by atoms with Crippen LogP contribution in [0.15, 0.2) is 24.4 Å². The number of rotatable bonds is 9. The summed E-state index contributed by atoms with van der Waals surface area (Å²) in [5.74, 6) is 1.26. The minimum Gasteiger partial charge on any atom is -0.495 e. The number of ether oxygens (including phenoxy) is 1. The Labute approximate surface area is 232 Å². The zero-order valence-electron chi connectivity index (χ0n) is 22.5. The molecule has 2 fully saturated rings. The molecule has 3 atom stereocenters. The third-order valence-electron chi connectivity index (χ3n) is 7.43. The van der Waals surface area contributed by atoms with E-state index >= 15 is 0 Å². The number of halogens is 1. The molecule has 0 spiro atoms. The second kappa shape index (κ2) is 13.1. The SMILES string of the molecule is COc1cc(C(=O)NC2CCN(C)CC2)ccc1Nc1ncc(Cl)c(N[C@@H]2CCCC[C@H]2N(C)S(C)=O)n1. The molecule has 3 N–H and O–H groups in total. The zero-order chi connectivity index (χ0) is 27.2. The minimum absolute atomic E-state index is 0.0646. The van der Waals surface area contributed by atoms with Crippen LogP contribution in [0, 0.1) is 0 Å². The van der Waals surface area contributed by atoms with Gasteiger partial charge in [0, 0.05) is 37.0 Å². The fourth-order valence-corrected chi connectivity index (χ4v) is 5.87. The van der Waals surface area contributed by atoms with E-state index in [2.05, 4.69) is 37.9 Å². The highest BCUT2D eigenvalue weighted by Gasteiger charge is 2.31. The summed E-state index contributed by atoms with van der Waals surface area (Å²) < 4.78 is 19.6. The predicted molar refractivity (Wildman–Crippen MR) is 153 cm³/mol. The molecule has 2 aliphatic rings. The lowest BCUT2D eigenvalue weighted by Crippen LogP contribution is -2.47. The molecular weight excluding hydrogens is 526 g/mol. The highest BCUT2D eigenvalue weighted by molar-refractivity contribution is 7.81. The van der Waals surface area contributed by atoms with Gasteiger partial charge in [0.15, 0.2) is 5.82 Å². The highest BCUT2D eigenvalue weighted by atomic mass is 35.5. The number of hydrogen-bond donors (Lipinski definition) is 3. The molecule has 208 valence electrons. The van der Waals surface area contributed by atoms with Gasteiger partial charge in [-0.15, -0.1) is 0 Å². The number of carbonyl (C=O) groups is 1. The Morgan fingerprint density at radius 3 is 2.66 bits per heavy atom. The van der Waals surface area contributed by atoms with Crippen molar-refractivity contribution in [3.05, 3.63) is 35.0 Å². The zero-order valence-corrected chi connectivity index (χ0v) is 24.1. The molecule has 1 aliphatic carbocycles. The largest absolute Gasteiger partial charge is 0.495 e. The van der Waals surface area contributed by atoms with Gasteiger partial charge in [0.1, 0.15) is 10.8 Å². The van der Waals surface area contributed by atoms with Crippen molar-refractivity contribution in [2.75, 3.05) is 51.2 Å². The van der Waals surface area contributed by atoms with E-state index < -0.39 is 11.0 Å². The summed E-state index contributed by atoms with van der Waals surface area (Å²) in [6.07, 6.45) is 9.20. The van der Waals surface area contributed by atoms with E-state index in [1.165, 1.54) is 0 Å². The first kappa shape index (κ1) is 28.5. The number of aromatic nitrogens is 2. The van der Waals surface area contributed by atoms with Crippen LogP contribution >= 0.6 is 11.6 Å². The molecule has 2 aromatic rings. The van der Waals surface area contributed by atoms with Crippen LogP contribution in [0.1, 0.15) is 48.9 Å². The van der Waals surface area contributed by atoms with Gasteiger partial charge < -0.3 is 25.6 Å². The second-order valence-corrected chi connectivity index (χ2v) is 11.9. The number of methoxy groups -OCH3 is 1. The summed E-state index contributed by atoms with van der Waals surface area (Å²) in [6.45, 7) is 1.95. The van der Waals surface area contributed by atoms with E-state index in [0.717, 1.165) is 51.6 Å². The van der Waals surface area contributed by atoms with Gasteiger partial charge in [-0.1, -0.05) is 24.4 Å². The summed E-state index contributed by atoms with van der Waals surface area (Å²) in [7, 11) is 4.48. The van der Waals surface area contributed by atoms with Crippen molar-refractivity contribution >= 4 is 45.9 Å². The Bertz CT molecular complexity index is 1150. The molecule has 2 heterocycles. The first-order valence-corrected chi connectivity index (χ1v) is 14.9. The lowest BCUT2D eigenvalue weighted by Gasteiger charge is -2.37. The van der Waals surface area contributed by atoms with Crippen molar-refractivity contribution in [2.24, 2.45) is 0 Å². The lowest BCUT2D eigenvalue weighted by atomic mass is 9.90. The smallest absolute Gasteiger partial charge is 0.251 e. The molecule has 1 saturated carbocycles. The molecule has 1 aromatic carbocycles. The minimum atomic E-state index is -1.07. The standard InChI is InChI=1S/C26H38ClN7O3S/c1-33-13-11-18(12-14-33)29-25(35)17-9-10-21(23(15-17)37-3)31-26-28-16-19(27)24(32-26)30-20-7-5-6-8-22(20)34(2)38(4)36/h9-10,15-16,18,20,22H,5-8,11-14H2,1-4H3,(H,29,35)(H2,28,30,31,32)/t20-,22-,38?/m1/s1. The van der Waals surface area contributed by atoms with Gasteiger partial charge in [0.25, 0.3) is 5.91 Å². The monoisotopic (exact) mass is 563 g/mol. The van der Waals surface area contributed by atoms with Gasteiger partial charge in [-0.3, -0.25) is 4.79 Å². The van der Waals surface area contributed by atoms with Gasteiger partial charge in [-0.05, 0) is 64.0 Å². The van der Waals surface area contributed by atoms with Gasteiger partial charge in [0.05, 0.1) is 30.0 Å². The molecule has 38 heavy (non-hydrogen) atoms. The third-order valence-corrected chi connectivity index (χ3v) is 8.79. The summed E-state index contributed by atoms with van der Waals surface area (Å²) in [6, 6.07) is 5.62. The number of hydrogen-bond acceptors (Lipinski definition) is 8. The van der Waals surface area contributed by atoms with Crippen LogP contribution in [0.2, 0.25) is 5.02 Å². The number of nitrogens with zero attached hydrogens (tertiary/aromatic N) is 4. The number of benzene rings is 1. The predicted octanol–water partition coefficient (Wildman–Crippen LogP) is 3.65. The van der Waals surface area contributed by atoms with Crippen LogP contribution < -0.4 is 20.7 Å². The van der Waals surface area contributed by atoms with E-state index in [9.17, 15) is 9.00 Å². The molecule has 0 bridgehead atoms. The quantitative estimate of drug-likeness (QED) is 0.424. The summed E-state index contributed by atoms with van der Waals surface area (Å²) in [5.41, 5.74) is 1.17. The number of nitrogens with one attached hydrogen (secondary N) is 3. The van der Waals surface area contributed by atoms with E-state index in [0.29, 0.717) is 33.8 Å². The van der Waals surface area contributed by atoms with Crippen LogP contribution in [0.4, 0.5) is 17.5 Å². The number of piperidine rings is 1. The Kier molecular flexibility index (Phi) is 9.80. The second-order valence-electron chi connectivity index (χ2n) is 10.1. The van der Waals surface area contributed by atoms with E-state index in [1.54, 1.807) is 37.8 Å². The average molecular weight is 564 g/mol.